The Labute approximate surface area is 161 Å². The van der Waals surface area contributed by atoms with Gasteiger partial charge in [0.2, 0.25) is 10.0 Å². The molecule has 5 nitrogen and oxygen atoms in total. The van der Waals surface area contributed by atoms with Crippen LogP contribution in [0.3, 0.4) is 0 Å². The Balaban J connectivity index is 1.49. The number of rotatable bonds is 6. The Kier molecular flexibility index (Phi) is 4.57. The van der Waals surface area contributed by atoms with Crippen molar-refractivity contribution in [3.8, 4) is 0 Å². The maximum atomic E-state index is 12.9. The highest BCUT2D eigenvalue weighted by atomic mass is 32.2. The van der Waals surface area contributed by atoms with Crippen molar-refractivity contribution >= 4 is 21.6 Å². The minimum atomic E-state index is -3.39. The second-order valence-corrected chi connectivity index (χ2v) is 10.7. The lowest BCUT2D eigenvalue weighted by Crippen LogP contribution is -2.59. The van der Waals surface area contributed by atoms with E-state index in [1.165, 1.54) is 29.8 Å². The van der Waals surface area contributed by atoms with E-state index in [2.05, 4.69) is 11.9 Å². The van der Waals surface area contributed by atoms with Crippen LogP contribution in [0.4, 0.5) is 5.69 Å². The topological polar surface area (TPSA) is 66.5 Å². The number of benzene rings is 1. The first-order valence-corrected chi connectivity index (χ1v) is 11.6. The summed E-state index contributed by atoms with van der Waals surface area (Å²) in [4.78, 5) is 12.9. The average Bonchev–Trinajstić information content (AvgIpc) is 2.57. The van der Waals surface area contributed by atoms with Crippen LogP contribution in [0.25, 0.3) is 0 Å². The summed E-state index contributed by atoms with van der Waals surface area (Å²) < 4.78 is 25.2. The van der Waals surface area contributed by atoms with Crippen molar-refractivity contribution in [1.82, 2.24) is 5.32 Å². The van der Waals surface area contributed by atoms with E-state index in [1.54, 1.807) is 30.3 Å². The van der Waals surface area contributed by atoms with Gasteiger partial charge in [-0.2, -0.15) is 0 Å². The Hall–Kier alpha value is -1.82. The second-order valence-electron chi connectivity index (χ2n) is 8.78. The fourth-order valence-corrected chi connectivity index (χ4v) is 6.79. The van der Waals surface area contributed by atoms with Crippen molar-refractivity contribution in [3.63, 3.8) is 0 Å². The molecule has 0 unspecified atom stereocenters. The van der Waals surface area contributed by atoms with Crippen LogP contribution in [0.15, 0.2) is 36.9 Å². The van der Waals surface area contributed by atoms with Crippen LogP contribution in [0, 0.1) is 17.8 Å². The van der Waals surface area contributed by atoms with Gasteiger partial charge in [-0.05, 0) is 80.5 Å². The minimum Gasteiger partial charge on any atom is -0.347 e. The molecule has 6 heteroatoms. The van der Waals surface area contributed by atoms with Crippen LogP contribution in [-0.4, -0.2) is 32.7 Å². The number of nitrogens with zero attached hydrogens (tertiary/aromatic N) is 1. The Morgan fingerprint density at radius 1 is 1.15 bits per heavy atom. The lowest BCUT2D eigenvalue weighted by atomic mass is 9.53. The van der Waals surface area contributed by atoms with Gasteiger partial charge in [0.25, 0.3) is 5.91 Å². The van der Waals surface area contributed by atoms with Gasteiger partial charge >= 0.3 is 0 Å². The molecule has 5 rings (SSSR count). The molecule has 0 heterocycles. The van der Waals surface area contributed by atoms with Gasteiger partial charge in [-0.25, -0.2) is 8.42 Å². The predicted octanol–water partition coefficient (Wildman–Crippen LogP) is 3.34. The van der Waals surface area contributed by atoms with E-state index in [0.717, 1.165) is 37.0 Å². The maximum Gasteiger partial charge on any atom is 0.251 e. The molecule has 0 radical (unpaired) electrons. The monoisotopic (exact) mass is 388 g/mol. The summed E-state index contributed by atoms with van der Waals surface area (Å²) in [5.74, 6) is 2.29. The van der Waals surface area contributed by atoms with Crippen LogP contribution >= 0.6 is 0 Å². The molecule has 4 aliphatic rings. The molecule has 0 spiro atoms. The lowest BCUT2D eigenvalue weighted by molar-refractivity contribution is -0.0167. The van der Waals surface area contributed by atoms with Gasteiger partial charge in [-0.15, -0.1) is 6.58 Å². The third-order valence-corrected chi connectivity index (χ3v) is 7.69. The van der Waals surface area contributed by atoms with E-state index >= 15 is 0 Å². The van der Waals surface area contributed by atoms with Crippen molar-refractivity contribution in [2.75, 3.05) is 17.1 Å². The van der Waals surface area contributed by atoms with Gasteiger partial charge in [0, 0.05) is 11.1 Å². The summed E-state index contributed by atoms with van der Waals surface area (Å²) in [6.07, 6.45) is 10.1. The number of hydrogen-bond donors (Lipinski definition) is 1. The largest absolute Gasteiger partial charge is 0.347 e. The van der Waals surface area contributed by atoms with E-state index in [9.17, 15) is 13.2 Å². The first-order chi connectivity index (χ1) is 12.8. The zero-order valence-electron chi connectivity index (χ0n) is 15.9. The molecule has 1 aromatic carbocycles. The summed E-state index contributed by atoms with van der Waals surface area (Å²) in [5.41, 5.74) is 1.11. The molecule has 4 saturated carbocycles. The van der Waals surface area contributed by atoms with E-state index in [0.29, 0.717) is 11.3 Å². The highest BCUT2D eigenvalue weighted by Gasteiger charge is 2.51. The normalized spacial score (nSPS) is 31.5. The quantitative estimate of drug-likeness (QED) is 0.760. The molecule has 1 amide bonds. The number of nitrogens with one attached hydrogen (secondary N) is 1. The molecule has 146 valence electrons. The fraction of sp³-hybridized carbons (Fsp3) is 0.571. The average molecular weight is 389 g/mol. The van der Waals surface area contributed by atoms with Crippen molar-refractivity contribution in [1.29, 1.82) is 0 Å². The minimum absolute atomic E-state index is 0.0217. The SMILES string of the molecule is C=CCN(c1ccc(C(=O)NC23CC4CC(CC(C4)C2)C3)cc1)S(C)(=O)=O. The second kappa shape index (κ2) is 6.66. The first kappa shape index (κ1) is 18.5. The molecule has 0 aliphatic heterocycles. The molecular weight excluding hydrogens is 360 g/mol. The standard InChI is InChI=1S/C21H28N2O3S/c1-3-8-23(27(2,25)26)19-6-4-18(5-7-19)20(24)22-21-12-15-9-16(13-21)11-17(10-15)14-21/h3-7,15-17H,1,8-14H2,2H3,(H,22,24). The summed E-state index contributed by atoms with van der Waals surface area (Å²) >= 11 is 0. The van der Waals surface area contributed by atoms with Gasteiger partial charge in [0.15, 0.2) is 0 Å². The Bertz CT molecular complexity index is 809. The van der Waals surface area contributed by atoms with Gasteiger partial charge < -0.3 is 5.32 Å². The Morgan fingerprint density at radius 3 is 2.11 bits per heavy atom. The molecule has 1 N–H and O–H groups in total. The highest BCUT2D eigenvalue weighted by Crippen LogP contribution is 2.55. The number of carbonyl (C=O) groups excluding carboxylic acids is 1. The van der Waals surface area contributed by atoms with Gasteiger partial charge in [-0.3, -0.25) is 9.10 Å². The summed E-state index contributed by atoms with van der Waals surface area (Å²) in [6, 6.07) is 6.82. The van der Waals surface area contributed by atoms with E-state index < -0.39 is 10.0 Å². The van der Waals surface area contributed by atoms with Gasteiger partial charge in [0.1, 0.15) is 0 Å². The lowest BCUT2D eigenvalue weighted by Gasteiger charge is -2.56. The number of anilines is 1. The van der Waals surface area contributed by atoms with Crippen LogP contribution in [-0.2, 0) is 10.0 Å². The molecular formula is C21H28N2O3S. The van der Waals surface area contributed by atoms with Crippen molar-refractivity contribution < 1.29 is 13.2 Å². The van der Waals surface area contributed by atoms with Crippen molar-refractivity contribution in [2.24, 2.45) is 17.8 Å². The highest BCUT2D eigenvalue weighted by molar-refractivity contribution is 7.92. The van der Waals surface area contributed by atoms with Crippen molar-refractivity contribution in [3.05, 3.63) is 42.5 Å². The van der Waals surface area contributed by atoms with Gasteiger partial charge in [-0.1, -0.05) is 6.08 Å². The molecule has 0 aromatic heterocycles. The zero-order chi connectivity index (χ0) is 19.2. The predicted molar refractivity (Wildman–Crippen MR) is 107 cm³/mol. The molecule has 4 fully saturated rings. The van der Waals surface area contributed by atoms with Gasteiger partial charge in [0.05, 0.1) is 18.5 Å². The molecule has 27 heavy (non-hydrogen) atoms. The van der Waals surface area contributed by atoms with E-state index in [4.69, 9.17) is 0 Å². The first-order valence-electron chi connectivity index (χ1n) is 9.79. The van der Waals surface area contributed by atoms with Crippen LogP contribution < -0.4 is 9.62 Å². The number of sulfonamides is 1. The smallest absolute Gasteiger partial charge is 0.251 e. The molecule has 0 saturated heterocycles. The van der Waals surface area contributed by atoms with E-state index in [-0.39, 0.29) is 18.0 Å². The summed E-state index contributed by atoms with van der Waals surface area (Å²) in [5, 5.41) is 3.36. The molecule has 4 aliphatic carbocycles. The number of amides is 1. The number of carbonyl (C=O) groups is 1. The van der Waals surface area contributed by atoms with Crippen LogP contribution in [0.5, 0.6) is 0 Å². The third kappa shape index (κ3) is 3.64. The zero-order valence-corrected chi connectivity index (χ0v) is 16.7. The fourth-order valence-electron chi connectivity index (χ4n) is 5.91. The van der Waals surface area contributed by atoms with E-state index in [1.807, 2.05) is 0 Å². The van der Waals surface area contributed by atoms with Crippen LogP contribution in [0.2, 0.25) is 0 Å². The molecule has 4 bridgehead atoms. The van der Waals surface area contributed by atoms with Crippen LogP contribution in [0.1, 0.15) is 48.9 Å². The maximum absolute atomic E-state index is 12.9. The molecule has 0 atom stereocenters. The summed E-state index contributed by atoms with van der Waals surface area (Å²) in [7, 11) is -3.39. The molecule has 1 aromatic rings. The summed E-state index contributed by atoms with van der Waals surface area (Å²) in [6.45, 7) is 3.82. The van der Waals surface area contributed by atoms with Crippen molar-refractivity contribution in [2.45, 2.75) is 44.1 Å². The third-order valence-electron chi connectivity index (χ3n) is 6.53. The number of hydrogen-bond acceptors (Lipinski definition) is 3. The Morgan fingerprint density at radius 2 is 1.67 bits per heavy atom.